The fourth-order valence-electron chi connectivity index (χ4n) is 1.45. The maximum atomic E-state index is 10.9. The van der Waals surface area contributed by atoms with Gasteiger partial charge in [0.25, 0.3) is 5.89 Å². The van der Waals surface area contributed by atoms with Crippen molar-refractivity contribution in [2.75, 3.05) is 0 Å². The van der Waals surface area contributed by atoms with Gasteiger partial charge in [0.1, 0.15) is 6.04 Å². The lowest BCUT2D eigenvalue weighted by molar-refractivity contribution is -0.139. The van der Waals surface area contributed by atoms with Crippen LogP contribution in [-0.4, -0.2) is 32.0 Å². The van der Waals surface area contributed by atoms with Gasteiger partial charge in [0.15, 0.2) is 11.6 Å². The Morgan fingerprint density at radius 1 is 1.60 bits per heavy atom. The number of carboxylic acids is 1. The van der Waals surface area contributed by atoms with Crippen molar-refractivity contribution in [3.8, 4) is 11.7 Å². The summed E-state index contributed by atoms with van der Waals surface area (Å²) in [7, 11) is 0. The number of hydrogen-bond donors (Lipinski definition) is 2. The van der Waals surface area contributed by atoms with Crippen molar-refractivity contribution in [2.45, 2.75) is 30.4 Å². The normalized spacial score (nSPS) is 13.3. The Labute approximate surface area is 119 Å². The molecule has 0 radical (unpaired) electrons. The molecule has 8 heteroatoms. The van der Waals surface area contributed by atoms with Crippen molar-refractivity contribution >= 4 is 17.7 Å². The van der Waals surface area contributed by atoms with E-state index >= 15 is 0 Å². The first-order valence-electron chi connectivity index (χ1n) is 5.89. The number of carboxylic acid groups (broad SMARTS) is 1. The lowest BCUT2D eigenvalue weighted by Crippen LogP contribution is -2.46. The third-order valence-electron chi connectivity index (χ3n) is 2.79. The van der Waals surface area contributed by atoms with Gasteiger partial charge in [-0.1, -0.05) is 5.16 Å². The first kappa shape index (κ1) is 14.6. The van der Waals surface area contributed by atoms with Crippen molar-refractivity contribution in [1.29, 1.82) is 0 Å². The third kappa shape index (κ3) is 3.20. The topological polar surface area (TPSA) is 115 Å². The highest BCUT2D eigenvalue weighted by atomic mass is 32.2. The number of carbonyl (C=O) groups is 1. The predicted molar refractivity (Wildman–Crippen MR) is 73.0 cm³/mol. The molecule has 0 bridgehead atoms. The van der Waals surface area contributed by atoms with Gasteiger partial charge in [-0.3, -0.25) is 4.79 Å². The van der Waals surface area contributed by atoms with Gasteiger partial charge in [-0.2, -0.15) is 4.98 Å². The highest BCUT2D eigenvalue weighted by molar-refractivity contribution is 7.99. The minimum atomic E-state index is -1.04. The van der Waals surface area contributed by atoms with E-state index in [1.54, 1.807) is 26.0 Å². The van der Waals surface area contributed by atoms with E-state index in [1.807, 2.05) is 0 Å². The molecule has 2 rings (SSSR count). The van der Waals surface area contributed by atoms with Crippen LogP contribution in [-0.2, 0) is 10.5 Å². The molecule has 2 heterocycles. The SMILES string of the molecule is CC(C)(SCc1noc(-c2ccco2)n1)[C@@H](N)C(=O)O. The van der Waals surface area contributed by atoms with E-state index in [2.05, 4.69) is 10.1 Å². The summed E-state index contributed by atoms with van der Waals surface area (Å²) in [5.74, 6) is 0.623. The number of aromatic nitrogens is 2. The Hall–Kier alpha value is -1.80. The molecular weight excluding hydrogens is 282 g/mol. The molecule has 0 aromatic carbocycles. The lowest BCUT2D eigenvalue weighted by Gasteiger charge is -2.27. The summed E-state index contributed by atoms with van der Waals surface area (Å²) in [5, 5.41) is 12.8. The zero-order chi connectivity index (χ0) is 14.8. The van der Waals surface area contributed by atoms with Crippen molar-refractivity contribution in [1.82, 2.24) is 10.1 Å². The summed E-state index contributed by atoms with van der Waals surface area (Å²) in [4.78, 5) is 15.1. The molecule has 0 aliphatic heterocycles. The predicted octanol–water partition coefficient (Wildman–Crippen LogP) is 1.75. The summed E-state index contributed by atoms with van der Waals surface area (Å²) >= 11 is 1.36. The molecule has 3 N–H and O–H groups in total. The maximum absolute atomic E-state index is 10.9. The number of furan rings is 1. The van der Waals surface area contributed by atoms with E-state index in [0.29, 0.717) is 23.2 Å². The van der Waals surface area contributed by atoms with E-state index in [9.17, 15) is 4.79 Å². The molecule has 0 amide bonds. The highest BCUT2D eigenvalue weighted by Crippen LogP contribution is 2.30. The van der Waals surface area contributed by atoms with Gasteiger partial charge in [-0.25, -0.2) is 0 Å². The van der Waals surface area contributed by atoms with Crippen LogP contribution in [0.2, 0.25) is 0 Å². The van der Waals surface area contributed by atoms with E-state index in [0.717, 1.165) is 0 Å². The lowest BCUT2D eigenvalue weighted by atomic mass is 10.1. The smallest absolute Gasteiger partial charge is 0.321 e. The standard InChI is InChI=1S/C12H15N3O4S/c1-12(2,9(13)11(16)17)20-6-8-14-10(19-15-8)7-4-3-5-18-7/h3-5,9H,6,13H2,1-2H3,(H,16,17)/t9-/m0/s1. The summed E-state index contributed by atoms with van der Waals surface area (Å²) < 4.78 is 9.57. The molecule has 0 saturated heterocycles. The van der Waals surface area contributed by atoms with Gasteiger partial charge >= 0.3 is 5.97 Å². The molecule has 0 aliphatic rings. The Bertz CT molecular complexity index is 579. The van der Waals surface area contributed by atoms with E-state index in [-0.39, 0.29) is 0 Å². The molecule has 108 valence electrons. The molecule has 0 saturated carbocycles. The maximum Gasteiger partial charge on any atom is 0.321 e. The Morgan fingerprint density at radius 3 is 2.95 bits per heavy atom. The van der Waals surface area contributed by atoms with Crippen molar-refractivity contribution in [3.05, 3.63) is 24.2 Å². The molecule has 20 heavy (non-hydrogen) atoms. The second-order valence-electron chi connectivity index (χ2n) is 4.70. The van der Waals surface area contributed by atoms with Crippen LogP contribution in [0.25, 0.3) is 11.7 Å². The highest BCUT2D eigenvalue weighted by Gasteiger charge is 2.33. The monoisotopic (exact) mass is 297 g/mol. The number of hydrogen-bond acceptors (Lipinski definition) is 7. The van der Waals surface area contributed by atoms with Gasteiger partial charge in [-0.15, -0.1) is 11.8 Å². The second-order valence-corrected chi connectivity index (χ2v) is 6.33. The molecular formula is C12H15N3O4S. The molecule has 2 aromatic heterocycles. The number of nitrogens with two attached hydrogens (primary N) is 1. The van der Waals surface area contributed by atoms with E-state index in [4.69, 9.17) is 19.8 Å². The first-order chi connectivity index (χ1) is 9.40. The van der Waals surface area contributed by atoms with Crippen molar-refractivity contribution < 1.29 is 18.8 Å². The Kier molecular flexibility index (Phi) is 4.15. The number of nitrogens with zero attached hydrogens (tertiary/aromatic N) is 2. The van der Waals surface area contributed by atoms with Crippen LogP contribution in [0.3, 0.4) is 0 Å². The van der Waals surface area contributed by atoms with Crippen molar-refractivity contribution in [3.63, 3.8) is 0 Å². The van der Waals surface area contributed by atoms with Gasteiger partial charge in [0.2, 0.25) is 0 Å². The average molecular weight is 297 g/mol. The van der Waals surface area contributed by atoms with Crippen LogP contribution in [0.4, 0.5) is 0 Å². The van der Waals surface area contributed by atoms with Gasteiger partial charge < -0.3 is 19.8 Å². The van der Waals surface area contributed by atoms with Gasteiger partial charge in [0, 0.05) is 4.75 Å². The number of thioether (sulfide) groups is 1. The molecule has 7 nitrogen and oxygen atoms in total. The average Bonchev–Trinajstić information content (AvgIpc) is 3.05. The molecule has 0 unspecified atom stereocenters. The minimum Gasteiger partial charge on any atom is -0.480 e. The quantitative estimate of drug-likeness (QED) is 0.828. The summed E-state index contributed by atoms with van der Waals surface area (Å²) in [6, 6.07) is 2.47. The molecule has 0 fully saturated rings. The molecule has 2 aromatic rings. The second kappa shape index (κ2) is 5.68. The largest absolute Gasteiger partial charge is 0.480 e. The Balaban J connectivity index is 2.00. The number of aliphatic carboxylic acids is 1. The third-order valence-corrected chi connectivity index (χ3v) is 4.19. The first-order valence-corrected chi connectivity index (χ1v) is 6.87. The summed E-state index contributed by atoms with van der Waals surface area (Å²) in [6.07, 6.45) is 1.52. The summed E-state index contributed by atoms with van der Waals surface area (Å²) in [5.41, 5.74) is 5.64. The van der Waals surface area contributed by atoms with Crippen LogP contribution in [0.1, 0.15) is 19.7 Å². The fraction of sp³-hybridized carbons (Fsp3) is 0.417. The molecule has 1 atom stereocenters. The number of rotatable bonds is 6. The fourth-order valence-corrected chi connectivity index (χ4v) is 2.35. The van der Waals surface area contributed by atoms with Crippen LogP contribution in [0, 0.1) is 0 Å². The summed E-state index contributed by atoms with van der Waals surface area (Å²) in [6.45, 7) is 3.54. The molecule has 0 aliphatic carbocycles. The zero-order valence-corrected chi connectivity index (χ0v) is 11.9. The van der Waals surface area contributed by atoms with Gasteiger partial charge in [-0.05, 0) is 26.0 Å². The van der Waals surface area contributed by atoms with E-state index in [1.165, 1.54) is 18.0 Å². The van der Waals surface area contributed by atoms with Crippen LogP contribution in [0.5, 0.6) is 0 Å². The van der Waals surface area contributed by atoms with Crippen LogP contribution in [0.15, 0.2) is 27.3 Å². The Morgan fingerprint density at radius 2 is 2.35 bits per heavy atom. The zero-order valence-electron chi connectivity index (χ0n) is 11.1. The van der Waals surface area contributed by atoms with Crippen molar-refractivity contribution in [2.24, 2.45) is 5.73 Å². The van der Waals surface area contributed by atoms with Crippen LogP contribution >= 0.6 is 11.8 Å². The van der Waals surface area contributed by atoms with E-state index < -0.39 is 16.8 Å². The van der Waals surface area contributed by atoms with Gasteiger partial charge in [0.05, 0.1) is 12.0 Å². The minimum absolute atomic E-state index is 0.297. The van der Waals surface area contributed by atoms with Crippen LogP contribution < -0.4 is 5.73 Å². The molecule has 0 spiro atoms.